The molecule has 0 amide bonds. The number of ether oxygens (including phenoxy) is 4. The summed E-state index contributed by atoms with van der Waals surface area (Å²) in [5, 5.41) is 0. The van der Waals surface area contributed by atoms with E-state index in [-0.39, 0.29) is 0 Å². The summed E-state index contributed by atoms with van der Waals surface area (Å²) in [6.45, 7) is 4.85. The predicted octanol–water partition coefficient (Wildman–Crippen LogP) is 0.802. The molecule has 2 saturated heterocycles. The second-order valence-electron chi connectivity index (χ2n) is 3.93. The maximum atomic E-state index is 5.40. The number of hydrogen-bond donors (Lipinski definition) is 0. The standard InChI is InChI=1S/C11H19O4/c1(2-4-12-6-10-8-14-10)3-5-13-7-11-9-15-11/h1,10-11H,2-9H2. The molecule has 0 aromatic carbocycles. The van der Waals surface area contributed by atoms with E-state index in [0.29, 0.717) is 12.2 Å². The maximum Gasteiger partial charge on any atom is 0.104 e. The molecule has 0 aliphatic carbocycles. The molecule has 0 saturated carbocycles. The number of epoxide rings is 2. The van der Waals surface area contributed by atoms with Gasteiger partial charge in [0.15, 0.2) is 0 Å². The Balaban J connectivity index is 1.23. The molecule has 15 heavy (non-hydrogen) atoms. The van der Waals surface area contributed by atoms with Crippen molar-refractivity contribution in [1.82, 2.24) is 0 Å². The Morgan fingerprint density at radius 1 is 0.933 bits per heavy atom. The number of unbranched alkanes of at least 4 members (excludes halogenated alkanes) is 2. The lowest BCUT2D eigenvalue weighted by Gasteiger charge is -2.03. The van der Waals surface area contributed by atoms with Crippen LogP contribution < -0.4 is 0 Å². The molecule has 2 aliphatic heterocycles. The van der Waals surface area contributed by atoms with Gasteiger partial charge in [-0.1, -0.05) is 0 Å². The van der Waals surface area contributed by atoms with Crippen LogP contribution in [0.5, 0.6) is 0 Å². The first-order valence-corrected chi connectivity index (χ1v) is 5.65. The minimum absolute atomic E-state index is 0.381. The first-order valence-electron chi connectivity index (χ1n) is 5.65. The van der Waals surface area contributed by atoms with E-state index >= 15 is 0 Å². The minimum Gasteiger partial charge on any atom is -0.379 e. The van der Waals surface area contributed by atoms with Gasteiger partial charge in [0.2, 0.25) is 0 Å². The SMILES string of the molecule is [CH](CCOCC1CO1)CCOCC1CO1. The van der Waals surface area contributed by atoms with Crippen LogP contribution in [0.2, 0.25) is 0 Å². The summed E-state index contributed by atoms with van der Waals surface area (Å²) in [6.07, 6.45) is 4.96. The highest BCUT2D eigenvalue weighted by Gasteiger charge is 2.22. The van der Waals surface area contributed by atoms with Gasteiger partial charge in [-0.25, -0.2) is 0 Å². The van der Waals surface area contributed by atoms with E-state index in [0.717, 1.165) is 52.5 Å². The van der Waals surface area contributed by atoms with Crippen molar-refractivity contribution in [2.24, 2.45) is 0 Å². The van der Waals surface area contributed by atoms with Gasteiger partial charge in [-0.05, 0) is 19.3 Å². The average Bonchev–Trinajstić information content (AvgIpc) is 3.10. The molecule has 4 heteroatoms. The van der Waals surface area contributed by atoms with Gasteiger partial charge in [-0.15, -0.1) is 0 Å². The van der Waals surface area contributed by atoms with Crippen molar-refractivity contribution < 1.29 is 18.9 Å². The van der Waals surface area contributed by atoms with Crippen LogP contribution >= 0.6 is 0 Å². The zero-order valence-corrected chi connectivity index (χ0v) is 9.02. The Hall–Kier alpha value is -0.160. The quantitative estimate of drug-likeness (QED) is 0.399. The van der Waals surface area contributed by atoms with Crippen LogP contribution in [0.1, 0.15) is 12.8 Å². The Morgan fingerprint density at radius 2 is 1.40 bits per heavy atom. The van der Waals surface area contributed by atoms with Gasteiger partial charge in [-0.3, -0.25) is 0 Å². The lowest BCUT2D eigenvalue weighted by Crippen LogP contribution is -2.05. The molecular formula is C11H19O4. The van der Waals surface area contributed by atoms with Gasteiger partial charge in [0.25, 0.3) is 0 Å². The molecule has 1 radical (unpaired) electrons. The van der Waals surface area contributed by atoms with E-state index in [1.54, 1.807) is 0 Å². The molecule has 2 aliphatic rings. The van der Waals surface area contributed by atoms with Crippen LogP contribution in [-0.2, 0) is 18.9 Å². The summed E-state index contributed by atoms with van der Waals surface area (Å²) in [4.78, 5) is 0. The highest BCUT2D eigenvalue weighted by Crippen LogP contribution is 2.09. The third-order valence-corrected chi connectivity index (χ3v) is 2.34. The monoisotopic (exact) mass is 215 g/mol. The van der Waals surface area contributed by atoms with E-state index in [9.17, 15) is 0 Å². The third-order valence-electron chi connectivity index (χ3n) is 2.34. The second kappa shape index (κ2) is 6.43. The topological polar surface area (TPSA) is 43.5 Å². The molecule has 0 N–H and O–H groups in total. The summed E-state index contributed by atoms with van der Waals surface area (Å²) >= 11 is 0. The third kappa shape index (κ3) is 6.10. The van der Waals surface area contributed by atoms with Gasteiger partial charge in [0.05, 0.1) is 26.4 Å². The summed E-state index contributed by atoms with van der Waals surface area (Å²) in [5.41, 5.74) is 0. The van der Waals surface area contributed by atoms with Gasteiger partial charge < -0.3 is 18.9 Å². The first kappa shape index (κ1) is 11.3. The molecule has 2 atom stereocenters. The summed E-state index contributed by atoms with van der Waals surface area (Å²) < 4.78 is 20.8. The van der Waals surface area contributed by atoms with Crippen molar-refractivity contribution >= 4 is 0 Å². The molecule has 0 bridgehead atoms. The Bertz CT molecular complexity index is 148. The van der Waals surface area contributed by atoms with Gasteiger partial charge >= 0.3 is 0 Å². The van der Waals surface area contributed by atoms with Gasteiger partial charge in [0.1, 0.15) is 12.2 Å². The lowest BCUT2D eigenvalue weighted by atomic mass is 10.2. The van der Waals surface area contributed by atoms with Crippen LogP contribution in [0.3, 0.4) is 0 Å². The first-order chi connectivity index (χ1) is 7.45. The van der Waals surface area contributed by atoms with Crippen LogP contribution in [-0.4, -0.2) is 51.8 Å². The minimum atomic E-state index is 0.381. The Labute approximate surface area is 90.8 Å². The molecule has 0 spiro atoms. The van der Waals surface area contributed by atoms with Crippen LogP contribution in [0.15, 0.2) is 0 Å². The highest BCUT2D eigenvalue weighted by atomic mass is 16.6. The predicted molar refractivity (Wildman–Crippen MR) is 54.7 cm³/mol. The zero-order valence-electron chi connectivity index (χ0n) is 9.02. The second-order valence-corrected chi connectivity index (χ2v) is 3.93. The molecule has 2 unspecified atom stereocenters. The van der Waals surface area contributed by atoms with E-state index in [2.05, 4.69) is 6.42 Å². The normalized spacial score (nSPS) is 28.0. The highest BCUT2D eigenvalue weighted by molar-refractivity contribution is 4.69. The lowest BCUT2D eigenvalue weighted by molar-refractivity contribution is 0.109. The fourth-order valence-electron chi connectivity index (χ4n) is 1.24. The summed E-state index contributed by atoms with van der Waals surface area (Å²) in [5.74, 6) is 0. The maximum absolute atomic E-state index is 5.40. The largest absolute Gasteiger partial charge is 0.379 e. The van der Waals surface area contributed by atoms with E-state index in [4.69, 9.17) is 18.9 Å². The molecule has 2 heterocycles. The molecule has 2 rings (SSSR count). The summed E-state index contributed by atoms with van der Waals surface area (Å²) in [6, 6.07) is 0. The van der Waals surface area contributed by atoms with Crippen LogP contribution in [0.25, 0.3) is 0 Å². The molecule has 0 aromatic rings. The Kier molecular flexibility index (Phi) is 4.86. The van der Waals surface area contributed by atoms with Crippen molar-refractivity contribution in [1.29, 1.82) is 0 Å². The average molecular weight is 215 g/mol. The van der Waals surface area contributed by atoms with Gasteiger partial charge in [-0.2, -0.15) is 0 Å². The van der Waals surface area contributed by atoms with Gasteiger partial charge in [0, 0.05) is 13.2 Å². The fourth-order valence-corrected chi connectivity index (χ4v) is 1.24. The van der Waals surface area contributed by atoms with Crippen molar-refractivity contribution in [2.45, 2.75) is 25.0 Å². The summed E-state index contributed by atoms with van der Waals surface area (Å²) in [7, 11) is 0. The Morgan fingerprint density at radius 3 is 1.80 bits per heavy atom. The number of hydrogen-bond acceptors (Lipinski definition) is 4. The fraction of sp³-hybridized carbons (Fsp3) is 0.909. The number of rotatable bonds is 10. The van der Waals surface area contributed by atoms with Crippen molar-refractivity contribution in [3.63, 3.8) is 0 Å². The molecule has 4 nitrogen and oxygen atoms in total. The molecule has 87 valence electrons. The van der Waals surface area contributed by atoms with Crippen molar-refractivity contribution in [2.75, 3.05) is 39.6 Å². The van der Waals surface area contributed by atoms with Crippen molar-refractivity contribution in [3.05, 3.63) is 6.42 Å². The van der Waals surface area contributed by atoms with Crippen LogP contribution in [0, 0.1) is 6.42 Å². The van der Waals surface area contributed by atoms with Crippen molar-refractivity contribution in [3.8, 4) is 0 Å². The van der Waals surface area contributed by atoms with E-state index in [1.807, 2.05) is 0 Å². The molecular weight excluding hydrogens is 196 g/mol. The molecule has 0 aromatic heterocycles. The molecule has 2 fully saturated rings. The smallest absolute Gasteiger partial charge is 0.104 e. The zero-order chi connectivity index (χ0) is 10.3. The van der Waals surface area contributed by atoms with E-state index in [1.165, 1.54) is 0 Å². The van der Waals surface area contributed by atoms with Crippen LogP contribution in [0.4, 0.5) is 0 Å². The van der Waals surface area contributed by atoms with E-state index < -0.39 is 0 Å².